The number of halogens is 1. The van der Waals surface area contributed by atoms with Crippen LogP contribution in [0.25, 0.3) is 22.2 Å². The van der Waals surface area contributed by atoms with Crippen molar-refractivity contribution in [3.05, 3.63) is 70.9 Å². The van der Waals surface area contributed by atoms with Crippen LogP contribution < -0.4 is 10.5 Å². The van der Waals surface area contributed by atoms with Crippen LogP contribution in [0.5, 0.6) is 0 Å². The first-order valence-electron chi connectivity index (χ1n) is 14.2. The van der Waals surface area contributed by atoms with Gasteiger partial charge in [-0.15, -0.1) is 0 Å². The average molecular weight is 609 g/mol. The van der Waals surface area contributed by atoms with Gasteiger partial charge >= 0.3 is 0 Å². The van der Waals surface area contributed by atoms with Crippen molar-refractivity contribution in [2.45, 2.75) is 42.7 Å². The van der Waals surface area contributed by atoms with Crippen LogP contribution in [0.2, 0.25) is 0 Å². The molecule has 6 rings (SSSR count). The number of fused-ring (bicyclic) bond motifs is 1. The topological polar surface area (TPSA) is 153 Å². The van der Waals surface area contributed by atoms with E-state index in [1.807, 2.05) is 6.20 Å². The Morgan fingerprint density at radius 3 is 2.44 bits per heavy atom. The fourth-order valence-electron chi connectivity index (χ4n) is 6.23. The van der Waals surface area contributed by atoms with E-state index in [2.05, 4.69) is 36.1 Å². The summed E-state index contributed by atoms with van der Waals surface area (Å²) in [6.07, 6.45) is 7.50. The minimum atomic E-state index is -4.28. The number of rotatable bonds is 7. The summed E-state index contributed by atoms with van der Waals surface area (Å²) in [4.78, 5) is 23.7. The first-order valence-corrected chi connectivity index (χ1v) is 15.7. The van der Waals surface area contributed by atoms with Gasteiger partial charge in [0.15, 0.2) is 0 Å². The predicted molar refractivity (Wildman–Crippen MR) is 162 cm³/mol. The zero-order valence-corrected chi connectivity index (χ0v) is 24.5. The number of benzene rings is 2. The lowest BCUT2D eigenvalue weighted by Crippen LogP contribution is -2.49. The second-order valence-corrected chi connectivity index (χ2v) is 12.9. The van der Waals surface area contributed by atoms with Gasteiger partial charge in [-0.05, 0) is 56.5 Å². The van der Waals surface area contributed by atoms with Crippen LogP contribution >= 0.6 is 0 Å². The van der Waals surface area contributed by atoms with Crippen LogP contribution in [0.3, 0.4) is 0 Å². The SMILES string of the molecule is CN1CCN(C2CCC(n3cc(-c4ccc(NS(=O)(=O)c5cccc([N+](=O)[O-])c5)c(F)c4)c4c(N)ncnc43)CC2)CC1. The summed E-state index contributed by atoms with van der Waals surface area (Å²) >= 11 is 0. The van der Waals surface area contributed by atoms with Crippen molar-refractivity contribution in [2.75, 3.05) is 43.7 Å². The van der Waals surface area contributed by atoms with Crippen LogP contribution in [0.4, 0.5) is 21.6 Å². The smallest absolute Gasteiger partial charge is 0.270 e. The summed E-state index contributed by atoms with van der Waals surface area (Å²) < 4.78 is 45.5. The van der Waals surface area contributed by atoms with Crippen LogP contribution in [-0.4, -0.2) is 76.9 Å². The van der Waals surface area contributed by atoms with Gasteiger partial charge in [-0.3, -0.25) is 19.7 Å². The maximum absolute atomic E-state index is 15.4. The third-order valence-electron chi connectivity index (χ3n) is 8.62. The lowest BCUT2D eigenvalue weighted by atomic mass is 9.89. The number of nitro benzene ring substituents is 1. The third kappa shape index (κ3) is 5.77. The molecule has 2 aromatic carbocycles. The van der Waals surface area contributed by atoms with E-state index >= 15 is 4.39 Å². The Morgan fingerprint density at radius 1 is 1.02 bits per heavy atom. The summed E-state index contributed by atoms with van der Waals surface area (Å²) in [5, 5.41) is 11.7. The molecule has 2 aromatic heterocycles. The van der Waals surface area contributed by atoms with Gasteiger partial charge in [-0.1, -0.05) is 12.1 Å². The number of likely N-dealkylation sites (N-methyl/N-ethyl adjacent to an activating group) is 1. The number of anilines is 2. The lowest BCUT2D eigenvalue weighted by Gasteiger charge is -2.41. The molecule has 1 saturated heterocycles. The highest BCUT2D eigenvalue weighted by atomic mass is 32.2. The summed E-state index contributed by atoms with van der Waals surface area (Å²) in [6, 6.07) is 9.50. The number of nitrogens with zero attached hydrogens (tertiary/aromatic N) is 6. The average Bonchev–Trinajstić information content (AvgIpc) is 3.40. The van der Waals surface area contributed by atoms with Gasteiger partial charge in [0.2, 0.25) is 0 Å². The molecule has 14 heteroatoms. The first kappa shape index (κ1) is 29.0. The molecule has 1 aliphatic heterocycles. The zero-order chi connectivity index (χ0) is 30.3. The predicted octanol–water partition coefficient (Wildman–Crippen LogP) is 4.26. The molecule has 1 saturated carbocycles. The third-order valence-corrected chi connectivity index (χ3v) is 9.98. The van der Waals surface area contributed by atoms with Gasteiger partial charge in [0.05, 0.1) is 20.9 Å². The molecule has 43 heavy (non-hydrogen) atoms. The van der Waals surface area contributed by atoms with Crippen molar-refractivity contribution in [3.8, 4) is 11.1 Å². The van der Waals surface area contributed by atoms with E-state index in [0.717, 1.165) is 57.9 Å². The van der Waals surface area contributed by atoms with E-state index < -0.39 is 20.8 Å². The first-order chi connectivity index (χ1) is 20.6. The molecule has 1 aliphatic carbocycles. The molecule has 4 aromatic rings. The fraction of sp³-hybridized carbons (Fsp3) is 0.379. The minimum Gasteiger partial charge on any atom is -0.383 e. The normalized spacial score (nSPS) is 20.3. The van der Waals surface area contributed by atoms with Gasteiger partial charge in [0, 0.05) is 62.2 Å². The van der Waals surface area contributed by atoms with Crippen LogP contribution in [0, 0.1) is 15.9 Å². The summed E-state index contributed by atoms with van der Waals surface area (Å²) in [6.45, 7) is 4.37. The molecule has 0 amide bonds. The van der Waals surface area contributed by atoms with E-state index in [1.54, 1.807) is 6.07 Å². The van der Waals surface area contributed by atoms with E-state index in [1.165, 1.54) is 36.7 Å². The van der Waals surface area contributed by atoms with Crippen molar-refractivity contribution in [3.63, 3.8) is 0 Å². The van der Waals surface area contributed by atoms with Gasteiger partial charge in [-0.2, -0.15) is 0 Å². The van der Waals surface area contributed by atoms with E-state index in [4.69, 9.17) is 5.73 Å². The molecule has 0 atom stereocenters. The zero-order valence-electron chi connectivity index (χ0n) is 23.7. The Bertz CT molecular complexity index is 1780. The Morgan fingerprint density at radius 2 is 1.74 bits per heavy atom. The fourth-order valence-corrected chi connectivity index (χ4v) is 7.33. The highest BCUT2D eigenvalue weighted by molar-refractivity contribution is 7.92. The summed E-state index contributed by atoms with van der Waals surface area (Å²) in [5.41, 5.74) is 7.46. The number of nitrogen functional groups attached to an aromatic ring is 1. The molecule has 0 unspecified atom stereocenters. The standard InChI is InChI=1S/C29H33FN8O4S/c1-35-11-13-36(14-12-35)20-6-8-21(9-7-20)37-17-24(27-28(31)32-18-33-29(27)37)19-5-10-26(25(30)15-19)34-43(41,42)23-4-2-3-22(16-23)38(39)40/h2-5,10,15-18,20-21,34H,6-9,11-14H2,1H3,(H2,31,32,33). The number of hydrogen-bond acceptors (Lipinski definition) is 9. The Kier molecular flexibility index (Phi) is 7.75. The highest BCUT2D eigenvalue weighted by Crippen LogP contribution is 2.39. The largest absolute Gasteiger partial charge is 0.383 e. The summed E-state index contributed by atoms with van der Waals surface area (Å²) in [7, 11) is -2.12. The highest BCUT2D eigenvalue weighted by Gasteiger charge is 2.30. The van der Waals surface area contributed by atoms with Crippen LogP contribution in [-0.2, 0) is 10.0 Å². The second kappa shape index (κ2) is 11.5. The molecule has 0 bridgehead atoms. The van der Waals surface area contributed by atoms with E-state index in [9.17, 15) is 18.5 Å². The maximum atomic E-state index is 15.4. The number of nitrogens with one attached hydrogen (secondary N) is 1. The molecule has 226 valence electrons. The maximum Gasteiger partial charge on any atom is 0.270 e. The number of piperazine rings is 1. The van der Waals surface area contributed by atoms with Gasteiger partial charge in [-0.25, -0.2) is 22.8 Å². The molecule has 2 aliphatic rings. The molecule has 12 nitrogen and oxygen atoms in total. The number of nitrogens with two attached hydrogens (primary N) is 1. The van der Waals surface area contributed by atoms with Crippen molar-refractivity contribution < 1.29 is 17.7 Å². The number of non-ortho nitro benzene ring substituents is 1. The van der Waals surface area contributed by atoms with Crippen LogP contribution in [0.15, 0.2) is 59.9 Å². The van der Waals surface area contributed by atoms with Gasteiger partial charge in [0.25, 0.3) is 15.7 Å². The second-order valence-electron chi connectivity index (χ2n) is 11.3. The Balaban J connectivity index is 1.26. The van der Waals surface area contributed by atoms with Gasteiger partial charge in [0.1, 0.15) is 23.6 Å². The Hall–Kier alpha value is -4.14. The molecule has 3 heterocycles. The summed E-state index contributed by atoms with van der Waals surface area (Å²) in [5.74, 6) is -0.531. The van der Waals surface area contributed by atoms with E-state index in [-0.39, 0.29) is 28.1 Å². The molecule has 0 radical (unpaired) electrons. The minimum absolute atomic E-state index is 0.208. The van der Waals surface area contributed by atoms with Crippen LogP contribution in [0.1, 0.15) is 31.7 Å². The molecular formula is C29H33FN8O4S. The lowest BCUT2D eigenvalue weighted by molar-refractivity contribution is -0.385. The molecular weight excluding hydrogens is 575 g/mol. The molecule has 3 N–H and O–H groups in total. The molecule has 0 spiro atoms. The van der Waals surface area contributed by atoms with Gasteiger partial charge < -0.3 is 15.2 Å². The number of aromatic nitrogens is 3. The van der Waals surface area contributed by atoms with E-state index in [0.29, 0.717) is 28.2 Å². The van der Waals surface area contributed by atoms with Crippen molar-refractivity contribution in [2.24, 2.45) is 0 Å². The quantitative estimate of drug-likeness (QED) is 0.232. The molecule has 2 fully saturated rings. The number of sulfonamides is 1. The number of hydrogen-bond donors (Lipinski definition) is 2. The monoisotopic (exact) mass is 608 g/mol. The number of nitro groups is 1. The van der Waals surface area contributed by atoms with Crippen molar-refractivity contribution in [1.29, 1.82) is 0 Å². The van der Waals surface area contributed by atoms with Crippen molar-refractivity contribution in [1.82, 2.24) is 24.3 Å². The Labute approximate surface area is 248 Å². The van der Waals surface area contributed by atoms with Crippen molar-refractivity contribution >= 4 is 38.2 Å².